The average Bonchev–Trinajstić information content (AvgIpc) is 3.66. The van der Waals surface area contributed by atoms with Crippen LogP contribution in [-0.4, -0.2) is 49.2 Å². The van der Waals surface area contributed by atoms with Crippen molar-refractivity contribution in [2.75, 3.05) is 25.0 Å². The zero-order valence-electron chi connectivity index (χ0n) is 23.1. The fourth-order valence-electron chi connectivity index (χ4n) is 4.87. The molecule has 0 amide bonds. The number of allylic oxidation sites excluding steroid dienone is 4. The molecule has 8 nitrogen and oxygen atoms in total. The molecule has 3 aromatic heterocycles. The van der Waals surface area contributed by atoms with Crippen LogP contribution in [0.4, 0.5) is 5.82 Å². The molecule has 0 aliphatic carbocycles. The highest BCUT2D eigenvalue weighted by molar-refractivity contribution is 6.31. The first-order valence-corrected chi connectivity index (χ1v) is 14.0. The zero-order valence-corrected chi connectivity index (χ0v) is 23.8. The number of ether oxygens (including phenoxy) is 1. The van der Waals surface area contributed by atoms with Crippen LogP contribution in [0.3, 0.4) is 0 Å². The van der Waals surface area contributed by atoms with E-state index in [1.165, 1.54) is 24.7 Å². The molecule has 210 valence electrons. The number of nitrogens with one attached hydrogen (secondary N) is 1. The number of pyridine rings is 1. The Kier molecular flexibility index (Phi) is 9.32. The third-order valence-corrected chi connectivity index (χ3v) is 7.45. The maximum absolute atomic E-state index is 9.66. The Bertz CT molecular complexity index is 1600. The summed E-state index contributed by atoms with van der Waals surface area (Å²) in [7, 11) is 0. The van der Waals surface area contributed by atoms with Gasteiger partial charge < -0.3 is 19.7 Å². The van der Waals surface area contributed by atoms with Gasteiger partial charge in [0.2, 0.25) is 0 Å². The molecule has 1 saturated heterocycles. The smallest absolute Gasteiger partial charge is 0.142 e. The fourth-order valence-corrected chi connectivity index (χ4v) is 5.03. The second-order valence-electron chi connectivity index (χ2n) is 9.94. The number of likely N-dealkylation sites (tertiary alicyclic amines) is 1. The fraction of sp³-hybridized carbons (Fsp3) is 0.281. The summed E-state index contributed by atoms with van der Waals surface area (Å²) in [6, 6.07) is 11.7. The van der Waals surface area contributed by atoms with E-state index in [0.717, 1.165) is 47.5 Å². The minimum Gasteiger partial charge on any atom is -0.490 e. The molecule has 1 aliphatic rings. The summed E-state index contributed by atoms with van der Waals surface area (Å²) in [6.45, 7) is 5.32. The molecule has 0 spiro atoms. The van der Waals surface area contributed by atoms with Crippen molar-refractivity contribution in [1.82, 2.24) is 24.4 Å². The summed E-state index contributed by atoms with van der Waals surface area (Å²) in [5.41, 5.74) is 5.36. The molecule has 0 unspecified atom stereocenters. The van der Waals surface area contributed by atoms with Gasteiger partial charge in [-0.1, -0.05) is 23.6 Å². The second-order valence-corrected chi connectivity index (χ2v) is 10.3. The van der Waals surface area contributed by atoms with E-state index in [-0.39, 0.29) is 6.61 Å². The first kappa shape index (κ1) is 28.4. The molecule has 1 aromatic carbocycles. The van der Waals surface area contributed by atoms with Gasteiger partial charge in [0.05, 0.1) is 21.9 Å². The van der Waals surface area contributed by atoms with E-state index in [4.69, 9.17) is 22.8 Å². The average molecular weight is 569 g/mol. The summed E-state index contributed by atoms with van der Waals surface area (Å²) < 4.78 is 7.89. The van der Waals surface area contributed by atoms with Crippen LogP contribution in [0.1, 0.15) is 36.6 Å². The summed E-state index contributed by atoms with van der Waals surface area (Å²) >= 11 is 6.53. The molecule has 0 atom stereocenters. The number of hydrogen-bond acceptors (Lipinski definition) is 7. The minimum atomic E-state index is 0.114. The zero-order chi connectivity index (χ0) is 28.6. The molecule has 0 bridgehead atoms. The van der Waals surface area contributed by atoms with E-state index in [0.29, 0.717) is 35.3 Å². The highest BCUT2D eigenvalue weighted by Gasteiger charge is 2.16. The number of fused-ring (bicyclic) bond motifs is 1. The van der Waals surface area contributed by atoms with Crippen LogP contribution in [0.15, 0.2) is 83.9 Å². The van der Waals surface area contributed by atoms with Gasteiger partial charge in [0.15, 0.2) is 0 Å². The van der Waals surface area contributed by atoms with Gasteiger partial charge >= 0.3 is 0 Å². The maximum Gasteiger partial charge on any atom is 0.142 e. The number of hydrogen-bond donors (Lipinski definition) is 2. The Morgan fingerprint density at radius 2 is 1.98 bits per heavy atom. The number of halogens is 1. The number of anilines is 1. The third-order valence-electron chi connectivity index (χ3n) is 7.07. The maximum atomic E-state index is 9.66. The predicted octanol–water partition coefficient (Wildman–Crippen LogP) is 5.56. The topological polar surface area (TPSA) is 88.3 Å². The number of rotatable bonds is 11. The summed E-state index contributed by atoms with van der Waals surface area (Å²) in [4.78, 5) is 15.6. The summed E-state index contributed by atoms with van der Waals surface area (Å²) in [6.07, 6.45) is 18.1. The van der Waals surface area contributed by atoms with Crippen molar-refractivity contribution in [2.45, 2.75) is 39.3 Å². The van der Waals surface area contributed by atoms with Crippen LogP contribution in [0.5, 0.6) is 0 Å². The number of nitrogens with zero attached hydrogens (tertiary/aromatic N) is 5. The monoisotopic (exact) mass is 568 g/mol. The molecule has 9 heteroatoms. The summed E-state index contributed by atoms with van der Waals surface area (Å²) in [5, 5.41) is 14.1. The highest BCUT2D eigenvalue weighted by Crippen LogP contribution is 2.27. The standard InChI is InChI=1S/C32H33ClN6O2/c1-3-26(16-30(33)23(2)41-21-27-8-4-5-12-34-27)37-32-29-17-28(9-10-31(29)35-22-36-32)39-19-24(11-15-40)25(20-39)18-38-13-6-7-14-38/h1,4-5,8-10,12,16-17,19-20,22,40H,6-7,11,13-15,18,21H2,2H3,(H,35,36,37)/b26-16+,30-23-. The van der Waals surface area contributed by atoms with E-state index in [9.17, 15) is 5.11 Å². The molecule has 41 heavy (non-hydrogen) atoms. The first-order chi connectivity index (χ1) is 20.0. The van der Waals surface area contributed by atoms with E-state index < -0.39 is 0 Å². The number of benzene rings is 1. The Morgan fingerprint density at radius 1 is 1.15 bits per heavy atom. The number of aliphatic hydroxyl groups excluding tert-OH is 1. The first-order valence-electron chi connectivity index (χ1n) is 13.7. The highest BCUT2D eigenvalue weighted by atomic mass is 35.5. The van der Waals surface area contributed by atoms with E-state index in [2.05, 4.69) is 48.0 Å². The normalized spacial score (nSPS) is 14.6. The number of terminal acetylenes is 1. The number of aromatic nitrogens is 4. The molecular formula is C32H33ClN6O2. The second kappa shape index (κ2) is 13.5. The van der Waals surface area contributed by atoms with Crippen molar-refractivity contribution >= 4 is 28.3 Å². The van der Waals surface area contributed by atoms with Gasteiger partial charge in [0, 0.05) is 42.8 Å². The molecule has 0 radical (unpaired) electrons. The molecular weight excluding hydrogens is 536 g/mol. The van der Waals surface area contributed by atoms with Gasteiger partial charge in [0.25, 0.3) is 0 Å². The molecule has 4 aromatic rings. The summed E-state index contributed by atoms with van der Waals surface area (Å²) in [5.74, 6) is 3.74. The Morgan fingerprint density at radius 3 is 2.73 bits per heavy atom. The molecule has 5 rings (SSSR count). The van der Waals surface area contributed by atoms with Gasteiger partial charge in [0.1, 0.15) is 24.5 Å². The minimum absolute atomic E-state index is 0.114. The van der Waals surface area contributed by atoms with Gasteiger partial charge in [-0.25, -0.2) is 9.97 Å². The van der Waals surface area contributed by atoms with Crippen LogP contribution in [0.2, 0.25) is 0 Å². The van der Waals surface area contributed by atoms with Gasteiger partial charge in [-0.15, -0.1) is 6.42 Å². The Labute approximate surface area is 245 Å². The lowest BCUT2D eigenvalue weighted by atomic mass is 10.1. The lowest BCUT2D eigenvalue weighted by Crippen LogP contribution is -2.18. The van der Waals surface area contributed by atoms with Crippen LogP contribution in [0.25, 0.3) is 16.6 Å². The third kappa shape index (κ3) is 7.14. The quantitative estimate of drug-likeness (QED) is 0.139. The van der Waals surface area contributed by atoms with E-state index in [1.807, 2.05) is 36.4 Å². The largest absolute Gasteiger partial charge is 0.490 e. The molecule has 4 heterocycles. The van der Waals surface area contributed by atoms with Crippen LogP contribution in [-0.2, 0) is 24.3 Å². The molecule has 0 saturated carbocycles. The van der Waals surface area contributed by atoms with Crippen molar-refractivity contribution in [3.05, 3.63) is 101 Å². The van der Waals surface area contributed by atoms with Crippen molar-refractivity contribution in [3.63, 3.8) is 0 Å². The van der Waals surface area contributed by atoms with Crippen LogP contribution >= 0.6 is 11.6 Å². The van der Waals surface area contributed by atoms with Gasteiger partial charge in [-0.05, 0) is 86.8 Å². The van der Waals surface area contributed by atoms with Crippen LogP contribution < -0.4 is 5.32 Å². The Balaban J connectivity index is 1.39. The van der Waals surface area contributed by atoms with Gasteiger partial charge in [-0.3, -0.25) is 9.88 Å². The lowest BCUT2D eigenvalue weighted by molar-refractivity contribution is 0.196. The van der Waals surface area contributed by atoms with E-state index >= 15 is 0 Å². The van der Waals surface area contributed by atoms with Crippen molar-refractivity contribution in [2.24, 2.45) is 0 Å². The molecule has 2 N–H and O–H groups in total. The molecule has 1 fully saturated rings. The molecule has 1 aliphatic heterocycles. The van der Waals surface area contributed by atoms with Crippen molar-refractivity contribution < 1.29 is 9.84 Å². The van der Waals surface area contributed by atoms with Crippen LogP contribution in [0, 0.1) is 12.3 Å². The van der Waals surface area contributed by atoms with E-state index in [1.54, 1.807) is 19.2 Å². The van der Waals surface area contributed by atoms with Gasteiger partial charge in [-0.2, -0.15) is 0 Å². The predicted molar refractivity (Wildman–Crippen MR) is 162 cm³/mol. The van der Waals surface area contributed by atoms with Crippen molar-refractivity contribution in [3.8, 4) is 18.0 Å². The number of aliphatic hydroxyl groups is 1. The van der Waals surface area contributed by atoms with Crippen molar-refractivity contribution in [1.29, 1.82) is 0 Å². The Hall–Kier alpha value is -4.16. The lowest BCUT2D eigenvalue weighted by Gasteiger charge is -2.14. The SMILES string of the molecule is C#C/C(=C\C(Cl)=C(/C)OCc1ccccn1)Nc1ncnc2ccc(-n3cc(CCO)c(CN4CCCC4)c3)cc12.